The number of hydrogen-bond donors (Lipinski definition) is 1. The molecule has 0 aromatic heterocycles. The van der Waals surface area contributed by atoms with Crippen LogP contribution in [0.15, 0.2) is 59.5 Å². The van der Waals surface area contributed by atoms with Crippen molar-refractivity contribution in [3.63, 3.8) is 0 Å². The van der Waals surface area contributed by atoms with Crippen LogP contribution in [-0.4, -0.2) is 48.1 Å². The summed E-state index contributed by atoms with van der Waals surface area (Å²) in [6.07, 6.45) is 0. The zero-order valence-corrected chi connectivity index (χ0v) is 18.3. The Labute approximate surface area is 177 Å². The number of anilines is 1. The standard InChI is InChI=1S/C23H29N3O2S/c1-23(2,3)24-21(27)14-25(4)15-22(28)26-18-12-8-9-13-20(18)29-16-19(26)17-10-6-5-7-11-17/h5-13,19H,14-16H2,1-4H3,(H,24,27)/t19-/m1/s1. The maximum atomic E-state index is 13.4. The lowest BCUT2D eigenvalue weighted by Crippen LogP contribution is -2.48. The van der Waals surface area contributed by atoms with Crippen LogP contribution in [0, 0.1) is 0 Å². The van der Waals surface area contributed by atoms with E-state index in [0.29, 0.717) is 0 Å². The molecule has 2 amide bonds. The van der Waals surface area contributed by atoms with Gasteiger partial charge in [0, 0.05) is 16.2 Å². The molecule has 1 aliphatic rings. The zero-order valence-electron chi connectivity index (χ0n) is 17.5. The highest BCUT2D eigenvalue weighted by Gasteiger charge is 2.33. The predicted octanol–water partition coefficient (Wildman–Crippen LogP) is 3.71. The highest BCUT2D eigenvalue weighted by Crippen LogP contribution is 2.43. The third-order valence-corrected chi connectivity index (χ3v) is 5.76. The van der Waals surface area contributed by atoms with Gasteiger partial charge in [0.2, 0.25) is 11.8 Å². The Bertz CT molecular complexity index is 864. The molecule has 1 heterocycles. The Morgan fingerprint density at radius 3 is 2.41 bits per heavy atom. The number of amides is 2. The Balaban J connectivity index is 1.79. The highest BCUT2D eigenvalue weighted by molar-refractivity contribution is 7.99. The minimum absolute atomic E-state index is 0.00217. The van der Waals surface area contributed by atoms with Crippen molar-refractivity contribution in [3.05, 3.63) is 60.2 Å². The molecule has 5 nitrogen and oxygen atoms in total. The second-order valence-corrected chi connectivity index (χ2v) is 9.50. The molecule has 1 N–H and O–H groups in total. The summed E-state index contributed by atoms with van der Waals surface area (Å²) in [6, 6.07) is 18.1. The van der Waals surface area contributed by atoms with Gasteiger partial charge in [-0.05, 0) is 45.5 Å². The quantitative estimate of drug-likeness (QED) is 0.815. The molecule has 0 saturated carbocycles. The van der Waals surface area contributed by atoms with Gasteiger partial charge in [-0.25, -0.2) is 0 Å². The summed E-state index contributed by atoms with van der Waals surface area (Å²) in [5.74, 6) is 0.723. The van der Waals surface area contributed by atoms with Gasteiger partial charge in [0.1, 0.15) is 0 Å². The van der Waals surface area contributed by atoms with Gasteiger partial charge in [-0.2, -0.15) is 0 Å². The van der Waals surface area contributed by atoms with Crippen molar-refractivity contribution in [2.24, 2.45) is 0 Å². The number of carbonyl (C=O) groups excluding carboxylic acids is 2. The summed E-state index contributed by atoms with van der Waals surface area (Å²) in [7, 11) is 1.81. The van der Waals surface area contributed by atoms with E-state index >= 15 is 0 Å². The second-order valence-electron chi connectivity index (χ2n) is 8.44. The maximum absolute atomic E-state index is 13.4. The summed E-state index contributed by atoms with van der Waals surface area (Å²) in [5, 5.41) is 2.94. The van der Waals surface area contributed by atoms with Crippen LogP contribution in [0.4, 0.5) is 5.69 Å². The summed E-state index contributed by atoms with van der Waals surface area (Å²) < 4.78 is 0. The van der Waals surface area contributed by atoms with Gasteiger partial charge in [0.05, 0.1) is 24.8 Å². The fraction of sp³-hybridized carbons (Fsp3) is 0.391. The number of fused-ring (bicyclic) bond motifs is 1. The van der Waals surface area contributed by atoms with Crippen LogP contribution < -0.4 is 10.2 Å². The van der Waals surface area contributed by atoms with E-state index in [4.69, 9.17) is 0 Å². The summed E-state index contributed by atoms with van der Waals surface area (Å²) in [5.41, 5.74) is 1.77. The van der Waals surface area contributed by atoms with Crippen LogP contribution in [0.5, 0.6) is 0 Å². The van der Waals surface area contributed by atoms with Crippen molar-refractivity contribution in [2.75, 3.05) is 30.8 Å². The average Bonchev–Trinajstić information content (AvgIpc) is 2.65. The maximum Gasteiger partial charge on any atom is 0.241 e. The molecule has 0 aliphatic carbocycles. The van der Waals surface area contributed by atoms with E-state index in [2.05, 4.69) is 23.5 Å². The average molecular weight is 412 g/mol. The van der Waals surface area contributed by atoms with E-state index in [9.17, 15) is 9.59 Å². The number of hydrogen-bond acceptors (Lipinski definition) is 4. The molecule has 1 atom stereocenters. The number of nitrogens with one attached hydrogen (secondary N) is 1. The molecule has 0 fully saturated rings. The normalized spacial score (nSPS) is 16.4. The number of nitrogens with zero attached hydrogens (tertiary/aromatic N) is 2. The van der Waals surface area contributed by atoms with Crippen LogP contribution in [0.25, 0.3) is 0 Å². The van der Waals surface area contributed by atoms with Crippen molar-refractivity contribution in [2.45, 2.75) is 37.2 Å². The topological polar surface area (TPSA) is 52.7 Å². The first-order chi connectivity index (χ1) is 13.7. The van der Waals surface area contributed by atoms with E-state index in [1.54, 1.807) is 16.7 Å². The molecular weight excluding hydrogens is 382 g/mol. The fourth-order valence-corrected chi connectivity index (χ4v) is 4.65. The van der Waals surface area contributed by atoms with Gasteiger partial charge in [-0.3, -0.25) is 14.5 Å². The van der Waals surface area contributed by atoms with E-state index in [0.717, 1.165) is 21.9 Å². The molecule has 3 rings (SSSR count). The lowest BCUT2D eigenvalue weighted by molar-refractivity contribution is -0.124. The molecule has 0 bridgehead atoms. The number of rotatable bonds is 5. The van der Waals surface area contributed by atoms with Crippen molar-refractivity contribution < 1.29 is 9.59 Å². The molecule has 0 saturated heterocycles. The van der Waals surface area contributed by atoms with Gasteiger partial charge in [-0.1, -0.05) is 42.5 Å². The van der Waals surface area contributed by atoms with E-state index < -0.39 is 0 Å². The SMILES string of the molecule is CN(CC(=O)NC(C)(C)C)CC(=O)N1c2ccccc2SC[C@@H]1c1ccccc1. The summed E-state index contributed by atoms with van der Waals surface area (Å²) in [4.78, 5) is 30.4. The van der Waals surface area contributed by atoms with Crippen molar-refractivity contribution in [1.82, 2.24) is 10.2 Å². The predicted molar refractivity (Wildman–Crippen MR) is 119 cm³/mol. The third-order valence-electron chi connectivity index (χ3n) is 4.62. The number of benzene rings is 2. The van der Waals surface area contributed by atoms with Crippen LogP contribution in [-0.2, 0) is 9.59 Å². The lowest BCUT2D eigenvalue weighted by atomic mass is 10.1. The minimum atomic E-state index is -0.288. The molecule has 1 aliphatic heterocycles. The molecule has 2 aromatic carbocycles. The lowest BCUT2D eigenvalue weighted by Gasteiger charge is -2.38. The molecule has 0 unspecified atom stereocenters. The number of para-hydroxylation sites is 1. The molecule has 2 aromatic rings. The monoisotopic (exact) mass is 411 g/mol. The Morgan fingerprint density at radius 1 is 1.07 bits per heavy atom. The van der Waals surface area contributed by atoms with Gasteiger partial charge in [-0.15, -0.1) is 11.8 Å². The number of carbonyl (C=O) groups is 2. The number of likely N-dealkylation sites (N-methyl/N-ethyl adjacent to an activating group) is 1. The Kier molecular flexibility index (Phi) is 6.65. The van der Waals surface area contributed by atoms with E-state index in [1.165, 1.54) is 0 Å². The highest BCUT2D eigenvalue weighted by atomic mass is 32.2. The van der Waals surface area contributed by atoms with Crippen LogP contribution in [0.2, 0.25) is 0 Å². The smallest absolute Gasteiger partial charge is 0.241 e. The summed E-state index contributed by atoms with van der Waals surface area (Å²) in [6.45, 7) is 6.21. The second kappa shape index (κ2) is 9.01. The summed E-state index contributed by atoms with van der Waals surface area (Å²) >= 11 is 1.78. The van der Waals surface area contributed by atoms with Crippen molar-refractivity contribution >= 4 is 29.3 Å². The molecule has 0 spiro atoms. The first-order valence-corrected chi connectivity index (χ1v) is 10.8. The van der Waals surface area contributed by atoms with Gasteiger partial charge >= 0.3 is 0 Å². The van der Waals surface area contributed by atoms with Crippen LogP contribution >= 0.6 is 11.8 Å². The Morgan fingerprint density at radius 2 is 1.72 bits per heavy atom. The van der Waals surface area contributed by atoms with Crippen molar-refractivity contribution in [1.29, 1.82) is 0 Å². The first-order valence-electron chi connectivity index (χ1n) is 9.83. The van der Waals surface area contributed by atoms with Crippen LogP contribution in [0.3, 0.4) is 0 Å². The van der Waals surface area contributed by atoms with E-state index in [-0.39, 0.29) is 36.5 Å². The fourth-order valence-electron chi connectivity index (χ4n) is 3.48. The minimum Gasteiger partial charge on any atom is -0.350 e. The van der Waals surface area contributed by atoms with Crippen LogP contribution in [0.1, 0.15) is 32.4 Å². The third kappa shape index (κ3) is 5.61. The molecule has 0 radical (unpaired) electrons. The van der Waals surface area contributed by atoms with Gasteiger partial charge in [0.25, 0.3) is 0 Å². The Hall–Kier alpha value is -2.31. The van der Waals surface area contributed by atoms with E-state index in [1.807, 2.05) is 69.1 Å². The molecule has 6 heteroatoms. The molecule has 154 valence electrons. The largest absolute Gasteiger partial charge is 0.350 e. The van der Waals surface area contributed by atoms with Gasteiger partial charge < -0.3 is 10.2 Å². The molecule has 29 heavy (non-hydrogen) atoms. The van der Waals surface area contributed by atoms with Crippen molar-refractivity contribution in [3.8, 4) is 0 Å². The molecular formula is C23H29N3O2S. The zero-order chi connectivity index (χ0) is 21.0. The van der Waals surface area contributed by atoms with Gasteiger partial charge in [0.15, 0.2) is 0 Å². The number of thioether (sulfide) groups is 1. The first kappa shape index (κ1) is 21.4.